The third-order valence-corrected chi connectivity index (χ3v) is 16.3. The van der Waals surface area contributed by atoms with Crippen molar-refractivity contribution in [1.29, 1.82) is 0 Å². The lowest BCUT2D eigenvalue weighted by molar-refractivity contribution is 1.28. The molecule has 2 nitrogen and oxygen atoms in total. The molecule has 0 aliphatic rings. The van der Waals surface area contributed by atoms with Crippen molar-refractivity contribution in [2.24, 2.45) is 0 Å². The molecule has 0 saturated carbocycles. The van der Waals surface area contributed by atoms with E-state index in [9.17, 15) is 0 Å². The van der Waals surface area contributed by atoms with E-state index in [1.807, 2.05) is 11.3 Å². The highest BCUT2D eigenvalue weighted by Crippen LogP contribution is 2.46. The summed E-state index contributed by atoms with van der Waals surface area (Å²) in [6.07, 6.45) is 0. The Bertz CT molecular complexity index is 4490. The zero-order valence-electron chi connectivity index (χ0n) is 43.3. The molecule has 0 bridgehead atoms. The fraction of sp³-hybridized carbons (Fsp3) is 0. The molecule has 0 aliphatic carbocycles. The molecule has 1 aromatic heterocycles. The van der Waals surface area contributed by atoms with E-state index in [2.05, 4.69) is 325 Å². The standard InChI is InChI=1S/C76H52N2S/c1-4-21-54(22-5-1)67-35-12-13-36-68(67)62-31-20-34-66(49-62)78(74-40-17-15-38-70(74)56-25-8-3-9-26-56)65-33-19-30-58(48-65)57-29-18-32-64(47-57)77(73-39-16-14-37-69(73)55-23-6-2-7-24-55)63-44-41-53(42-45-63)61-43-46-71-72-50-59-27-10-11-28-60(59)51-76(72)79-75(71)52-61/h1-52H. The van der Waals surface area contributed by atoms with E-state index in [1.165, 1.54) is 58.8 Å². The highest BCUT2D eigenvalue weighted by Gasteiger charge is 2.22. The Balaban J connectivity index is 0.872. The van der Waals surface area contributed by atoms with Gasteiger partial charge in [0.25, 0.3) is 0 Å². The quantitative estimate of drug-likeness (QED) is 0.120. The van der Waals surface area contributed by atoms with Crippen LogP contribution in [0.1, 0.15) is 0 Å². The monoisotopic (exact) mass is 1020 g/mol. The molecule has 0 spiro atoms. The maximum absolute atomic E-state index is 2.43. The van der Waals surface area contributed by atoms with Gasteiger partial charge in [0.05, 0.1) is 11.4 Å². The minimum absolute atomic E-state index is 1.06. The minimum atomic E-state index is 1.06. The van der Waals surface area contributed by atoms with E-state index in [-0.39, 0.29) is 0 Å². The van der Waals surface area contributed by atoms with Crippen LogP contribution in [0.3, 0.4) is 0 Å². The van der Waals surface area contributed by atoms with Crippen LogP contribution < -0.4 is 9.80 Å². The first kappa shape index (κ1) is 47.4. The number of hydrogen-bond donors (Lipinski definition) is 0. The first-order chi connectivity index (χ1) is 39.2. The summed E-state index contributed by atoms with van der Waals surface area (Å²) in [5.74, 6) is 0. The number of thiophene rings is 1. The van der Waals surface area contributed by atoms with Crippen LogP contribution in [0.2, 0.25) is 0 Å². The maximum Gasteiger partial charge on any atom is 0.0540 e. The van der Waals surface area contributed by atoms with Crippen molar-refractivity contribution in [1.82, 2.24) is 0 Å². The van der Waals surface area contributed by atoms with E-state index >= 15 is 0 Å². The van der Waals surface area contributed by atoms with Gasteiger partial charge in [0.1, 0.15) is 0 Å². The molecule has 0 atom stereocenters. The van der Waals surface area contributed by atoms with Crippen molar-refractivity contribution in [2.75, 3.05) is 9.80 Å². The van der Waals surface area contributed by atoms with Crippen LogP contribution in [0.25, 0.3) is 97.7 Å². The second kappa shape index (κ2) is 20.8. The Kier molecular flexibility index (Phi) is 12.5. The Labute approximate surface area is 465 Å². The molecule has 0 amide bonds. The highest BCUT2D eigenvalue weighted by atomic mass is 32.1. The van der Waals surface area contributed by atoms with Gasteiger partial charge in [-0.05, 0) is 145 Å². The molecule has 0 saturated heterocycles. The van der Waals surface area contributed by atoms with Gasteiger partial charge >= 0.3 is 0 Å². The van der Waals surface area contributed by atoms with E-state index in [1.54, 1.807) is 0 Å². The largest absolute Gasteiger partial charge is 0.310 e. The molecule has 0 unspecified atom stereocenters. The van der Waals surface area contributed by atoms with Gasteiger partial charge in [-0.3, -0.25) is 0 Å². The number of nitrogens with zero attached hydrogens (tertiary/aromatic N) is 2. The molecule has 0 aliphatic heterocycles. The maximum atomic E-state index is 2.43. The second-order valence-corrected chi connectivity index (χ2v) is 21.1. The van der Waals surface area contributed by atoms with Gasteiger partial charge in [0, 0.05) is 54.0 Å². The molecule has 14 aromatic rings. The van der Waals surface area contributed by atoms with E-state index in [0.29, 0.717) is 0 Å². The first-order valence-corrected chi connectivity index (χ1v) is 27.8. The Morgan fingerprint density at radius 2 is 0.582 bits per heavy atom. The van der Waals surface area contributed by atoms with Gasteiger partial charge in [-0.2, -0.15) is 0 Å². The number of hydrogen-bond acceptors (Lipinski definition) is 3. The van der Waals surface area contributed by atoms with E-state index < -0.39 is 0 Å². The topological polar surface area (TPSA) is 6.48 Å². The summed E-state index contributed by atoms with van der Waals surface area (Å²) in [5, 5.41) is 5.18. The average Bonchev–Trinajstić information content (AvgIpc) is 3.99. The van der Waals surface area contributed by atoms with Gasteiger partial charge in [-0.1, -0.05) is 237 Å². The second-order valence-electron chi connectivity index (χ2n) is 20.1. The summed E-state index contributed by atoms with van der Waals surface area (Å²) in [7, 11) is 0. The molecule has 372 valence electrons. The van der Waals surface area contributed by atoms with Crippen LogP contribution in [0.4, 0.5) is 34.1 Å². The zero-order valence-corrected chi connectivity index (χ0v) is 44.1. The zero-order chi connectivity index (χ0) is 52.5. The fourth-order valence-corrected chi connectivity index (χ4v) is 12.6. The van der Waals surface area contributed by atoms with Gasteiger partial charge in [-0.25, -0.2) is 0 Å². The number of rotatable bonds is 12. The van der Waals surface area contributed by atoms with Crippen molar-refractivity contribution >= 4 is 76.4 Å². The van der Waals surface area contributed by atoms with Gasteiger partial charge in [-0.15, -0.1) is 11.3 Å². The lowest BCUT2D eigenvalue weighted by Crippen LogP contribution is -2.12. The minimum Gasteiger partial charge on any atom is -0.310 e. The third-order valence-electron chi connectivity index (χ3n) is 15.2. The normalized spacial score (nSPS) is 11.3. The summed E-state index contributed by atoms with van der Waals surface area (Å²) in [5.41, 5.74) is 20.4. The molecular weight excluding hydrogens is 973 g/mol. The highest BCUT2D eigenvalue weighted by molar-refractivity contribution is 7.25. The average molecular weight is 1030 g/mol. The van der Waals surface area contributed by atoms with Crippen LogP contribution in [0.15, 0.2) is 315 Å². The van der Waals surface area contributed by atoms with Crippen LogP contribution in [0.5, 0.6) is 0 Å². The summed E-state index contributed by atoms with van der Waals surface area (Å²) >= 11 is 1.87. The predicted octanol–water partition coefficient (Wildman–Crippen LogP) is 22.1. The van der Waals surface area contributed by atoms with Crippen molar-refractivity contribution < 1.29 is 0 Å². The van der Waals surface area contributed by atoms with E-state index in [4.69, 9.17) is 0 Å². The molecular formula is C76H52N2S. The summed E-state index contributed by atoms with van der Waals surface area (Å²) < 4.78 is 2.62. The van der Waals surface area contributed by atoms with Crippen LogP contribution in [0, 0.1) is 0 Å². The SMILES string of the molecule is c1ccc(-c2ccccc2-c2cccc(N(c3cccc(-c4cccc(N(c5ccc(-c6ccc7c(c6)sc6cc8ccccc8cc67)cc5)c5ccccc5-c5ccccc5)c4)c3)c3ccccc3-c3ccccc3)c2)cc1. The lowest BCUT2D eigenvalue weighted by Gasteiger charge is -2.29. The number of fused-ring (bicyclic) bond motifs is 4. The molecule has 13 aromatic carbocycles. The van der Waals surface area contributed by atoms with Crippen molar-refractivity contribution in [3.8, 4) is 66.8 Å². The van der Waals surface area contributed by atoms with Crippen molar-refractivity contribution in [3.63, 3.8) is 0 Å². The van der Waals surface area contributed by atoms with Crippen LogP contribution >= 0.6 is 11.3 Å². The molecule has 0 N–H and O–H groups in total. The Hall–Kier alpha value is -10.1. The summed E-state index contributed by atoms with van der Waals surface area (Å²) in [6, 6.07) is 115. The lowest BCUT2D eigenvalue weighted by atomic mass is 9.94. The van der Waals surface area contributed by atoms with Crippen molar-refractivity contribution in [2.45, 2.75) is 0 Å². The van der Waals surface area contributed by atoms with Crippen LogP contribution in [-0.2, 0) is 0 Å². The molecule has 1 heterocycles. The summed E-state index contributed by atoms with van der Waals surface area (Å²) in [6.45, 7) is 0. The molecule has 0 radical (unpaired) electrons. The third kappa shape index (κ3) is 9.23. The molecule has 0 fully saturated rings. The number of anilines is 6. The fourth-order valence-electron chi connectivity index (χ4n) is 11.4. The number of para-hydroxylation sites is 2. The van der Waals surface area contributed by atoms with Crippen LogP contribution in [-0.4, -0.2) is 0 Å². The van der Waals surface area contributed by atoms with Crippen molar-refractivity contribution in [3.05, 3.63) is 315 Å². The smallest absolute Gasteiger partial charge is 0.0540 e. The predicted molar refractivity (Wildman–Crippen MR) is 339 cm³/mol. The van der Waals surface area contributed by atoms with Gasteiger partial charge < -0.3 is 9.80 Å². The van der Waals surface area contributed by atoms with Gasteiger partial charge in [0.15, 0.2) is 0 Å². The first-order valence-electron chi connectivity index (χ1n) is 27.0. The summed E-state index contributed by atoms with van der Waals surface area (Å²) in [4.78, 5) is 4.84. The van der Waals surface area contributed by atoms with E-state index in [0.717, 1.165) is 73.1 Å². The molecule has 14 rings (SSSR count). The molecule has 79 heavy (non-hydrogen) atoms. The molecule has 3 heteroatoms. The van der Waals surface area contributed by atoms with Gasteiger partial charge in [0.2, 0.25) is 0 Å². The Morgan fingerprint density at radius 1 is 0.203 bits per heavy atom. The Morgan fingerprint density at radius 3 is 1.14 bits per heavy atom. The number of benzene rings is 13.